The number of fused-ring (bicyclic) bond motifs is 1. The summed E-state index contributed by atoms with van der Waals surface area (Å²) in [5, 5.41) is 4.22. The van der Waals surface area contributed by atoms with Crippen LogP contribution in [0.4, 0.5) is 10.5 Å². The number of ether oxygens (including phenoxy) is 1. The average molecular weight is 601 g/mol. The number of benzene rings is 2. The maximum atomic E-state index is 13.3. The fraction of sp³-hybridized carbons (Fsp3) is 0.360. The SMILES string of the molecule is CNS(=O)(=O)Nc1cccc(Cc2c(CN3CCNCC3)c3ccc(OC(=O)N(C)C)cc3oc2=O)c1Cl.Cl. The van der Waals surface area contributed by atoms with Crippen molar-refractivity contribution < 1.29 is 22.4 Å². The molecule has 0 atom stereocenters. The number of carbonyl (C=O) groups excluding carboxylic acids is 1. The molecule has 0 spiro atoms. The fourth-order valence-electron chi connectivity index (χ4n) is 4.17. The van der Waals surface area contributed by atoms with Crippen LogP contribution in [0, 0.1) is 0 Å². The second kappa shape index (κ2) is 13.0. The van der Waals surface area contributed by atoms with Crippen molar-refractivity contribution in [2.45, 2.75) is 13.0 Å². The lowest BCUT2D eigenvalue weighted by Gasteiger charge is -2.28. The van der Waals surface area contributed by atoms with Gasteiger partial charge in [0.2, 0.25) is 0 Å². The first-order valence-electron chi connectivity index (χ1n) is 12.0. The first kappa shape index (κ1) is 30.7. The molecule has 0 bridgehead atoms. The molecular weight excluding hydrogens is 569 g/mol. The van der Waals surface area contributed by atoms with Crippen molar-refractivity contribution in [2.75, 3.05) is 52.0 Å². The molecule has 0 aliphatic carbocycles. The highest BCUT2D eigenvalue weighted by Gasteiger charge is 2.22. The lowest BCUT2D eigenvalue weighted by atomic mass is 9.97. The molecule has 1 fully saturated rings. The second-order valence-electron chi connectivity index (χ2n) is 9.06. The van der Waals surface area contributed by atoms with E-state index in [1.807, 2.05) is 0 Å². The molecule has 14 heteroatoms. The van der Waals surface area contributed by atoms with Crippen LogP contribution in [0.5, 0.6) is 5.75 Å². The summed E-state index contributed by atoms with van der Waals surface area (Å²) in [6, 6.07) is 9.91. The molecule has 3 N–H and O–H groups in total. The van der Waals surface area contributed by atoms with Gasteiger partial charge in [-0.3, -0.25) is 9.62 Å². The Morgan fingerprint density at radius 1 is 1.18 bits per heavy atom. The van der Waals surface area contributed by atoms with Crippen LogP contribution in [0.15, 0.2) is 45.6 Å². The van der Waals surface area contributed by atoms with Crippen LogP contribution in [0.3, 0.4) is 0 Å². The van der Waals surface area contributed by atoms with Gasteiger partial charge in [0.1, 0.15) is 11.3 Å². The van der Waals surface area contributed by atoms with Crippen molar-refractivity contribution in [1.82, 2.24) is 19.8 Å². The summed E-state index contributed by atoms with van der Waals surface area (Å²) >= 11 is 6.57. The van der Waals surface area contributed by atoms with Crippen molar-refractivity contribution >= 4 is 57.0 Å². The van der Waals surface area contributed by atoms with Gasteiger partial charge < -0.3 is 19.4 Å². The molecule has 3 aromatic rings. The number of nitrogens with one attached hydrogen (secondary N) is 3. The van der Waals surface area contributed by atoms with Crippen LogP contribution in [0.1, 0.15) is 16.7 Å². The van der Waals surface area contributed by atoms with Gasteiger partial charge >= 0.3 is 11.7 Å². The lowest BCUT2D eigenvalue weighted by Crippen LogP contribution is -2.43. The molecule has 2 heterocycles. The molecule has 2 aromatic carbocycles. The minimum atomic E-state index is -3.78. The smallest absolute Gasteiger partial charge is 0.414 e. The van der Waals surface area contributed by atoms with Gasteiger partial charge in [-0.2, -0.15) is 8.42 Å². The predicted molar refractivity (Wildman–Crippen MR) is 153 cm³/mol. The van der Waals surface area contributed by atoms with Gasteiger partial charge in [0.05, 0.1) is 10.7 Å². The highest BCUT2D eigenvalue weighted by Crippen LogP contribution is 2.31. The zero-order valence-electron chi connectivity index (χ0n) is 21.7. The summed E-state index contributed by atoms with van der Waals surface area (Å²) in [6.07, 6.45) is -0.418. The molecule has 11 nitrogen and oxygen atoms in total. The van der Waals surface area contributed by atoms with E-state index in [1.165, 1.54) is 18.0 Å². The number of halogens is 2. The maximum Gasteiger partial charge on any atom is 0.414 e. The largest absolute Gasteiger partial charge is 0.422 e. The Labute approximate surface area is 238 Å². The van der Waals surface area contributed by atoms with Gasteiger partial charge in [0.25, 0.3) is 10.2 Å². The van der Waals surface area contributed by atoms with E-state index in [-0.39, 0.29) is 35.3 Å². The van der Waals surface area contributed by atoms with Gasteiger partial charge in [-0.25, -0.2) is 14.3 Å². The number of nitrogens with zero attached hydrogens (tertiary/aromatic N) is 2. The molecule has 39 heavy (non-hydrogen) atoms. The number of hydrogen-bond acceptors (Lipinski definition) is 8. The Balaban J connectivity index is 0.00000420. The molecule has 0 unspecified atom stereocenters. The zero-order valence-corrected chi connectivity index (χ0v) is 24.1. The van der Waals surface area contributed by atoms with E-state index in [2.05, 4.69) is 19.7 Å². The third-order valence-electron chi connectivity index (χ3n) is 6.21. The highest BCUT2D eigenvalue weighted by molar-refractivity contribution is 7.90. The normalized spacial score (nSPS) is 14.1. The van der Waals surface area contributed by atoms with Gasteiger partial charge in [0.15, 0.2) is 0 Å². The predicted octanol–water partition coefficient (Wildman–Crippen LogP) is 2.80. The highest BCUT2D eigenvalue weighted by atomic mass is 35.5. The molecule has 1 aliphatic heterocycles. The number of amides is 1. The van der Waals surface area contributed by atoms with E-state index in [1.54, 1.807) is 44.4 Å². The maximum absolute atomic E-state index is 13.3. The lowest BCUT2D eigenvalue weighted by molar-refractivity contribution is 0.172. The average Bonchev–Trinajstić information content (AvgIpc) is 2.88. The van der Waals surface area contributed by atoms with Crippen molar-refractivity contribution in [3.8, 4) is 5.75 Å². The summed E-state index contributed by atoms with van der Waals surface area (Å²) in [7, 11) is 0.653. The standard InChI is InChI=1S/C25H30ClN5O6S.ClH/c1-27-38(34,35)29-21-6-4-5-16(23(21)26)13-19-20(15-31-11-9-28-10-12-31)18-8-7-17(36-25(33)30(2)3)14-22(18)37-24(19)32;/h4-8,14,27-29H,9-13,15H2,1-3H3;1H. The quantitative estimate of drug-likeness (QED) is 0.337. The van der Waals surface area contributed by atoms with Crippen LogP contribution in [-0.4, -0.2) is 71.6 Å². The van der Waals surface area contributed by atoms with Crippen molar-refractivity contribution in [3.63, 3.8) is 0 Å². The summed E-state index contributed by atoms with van der Waals surface area (Å²) in [6.45, 7) is 3.78. The molecule has 1 aliphatic rings. The number of carbonyl (C=O) groups is 1. The van der Waals surface area contributed by atoms with Gasteiger partial charge in [-0.15, -0.1) is 12.4 Å². The van der Waals surface area contributed by atoms with Crippen LogP contribution in [0.2, 0.25) is 5.02 Å². The molecule has 0 radical (unpaired) electrons. The van der Waals surface area contributed by atoms with E-state index in [0.29, 0.717) is 28.6 Å². The van der Waals surface area contributed by atoms with Gasteiger partial charge in [0, 0.05) is 77.3 Å². The zero-order chi connectivity index (χ0) is 27.4. The molecule has 1 saturated heterocycles. The van der Waals surface area contributed by atoms with Crippen molar-refractivity contribution in [1.29, 1.82) is 0 Å². The third-order valence-corrected chi connectivity index (χ3v) is 7.68. The summed E-state index contributed by atoms with van der Waals surface area (Å²) in [4.78, 5) is 28.9. The van der Waals surface area contributed by atoms with E-state index < -0.39 is 21.9 Å². The van der Waals surface area contributed by atoms with E-state index >= 15 is 0 Å². The Morgan fingerprint density at radius 2 is 1.90 bits per heavy atom. The first-order valence-corrected chi connectivity index (χ1v) is 13.8. The molecular formula is C25H31Cl2N5O6S. The Hall–Kier alpha value is -2.87. The number of anilines is 1. The van der Waals surface area contributed by atoms with E-state index in [4.69, 9.17) is 20.8 Å². The molecule has 1 amide bonds. The fourth-order valence-corrected chi connectivity index (χ4v) is 5.03. The van der Waals surface area contributed by atoms with Crippen molar-refractivity contribution in [2.24, 2.45) is 0 Å². The summed E-state index contributed by atoms with van der Waals surface area (Å²) < 4.78 is 39.6. The minimum Gasteiger partial charge on any atom is -0.422 e. The van der Waals surface area contributed by atoms with Crippen molar-refractivity contribution in [3.05, 3.63) is 68.5 Å². The molecule has 4 rings (SSSR count). The van der Waals surface area contributed by atoms with Crippen LogP contribution >= 0.6 is 24.0 Å². The molecule has 1 aromatic heterocycles. The van der Waals surface area contributed by atoms with Gasteiger partial charge in [-0.1, -0.05) is 23.7 Å². The topological polar surface area (TPSA) is 133 Å². The number of hydrogen-bond donors (Lipinski definition) is 3. The first-order chi connectivity index (χ1) is 18.1. The molecule has 212 valence electrons. The minimum absolute atomic E-state index is 0. The van der Waals surface area contributed by atoms with E-state index in [9.17, 15) is 18.0 Å². The van der Waals surface area contributed by atoms with Gasteiger partial charge in [-0.05, 0) is 29.3 Å². The Kier molecular flexibility index (Phi) is 10.2. The van der Waals surface area contributed by atoms with Crippen LogP contribution in [-0.2, 0) is 23.2 Å². The monoisotopic (exact) mass is 599 g/mol. The van der Waals surface area contributed by atoms with E-state index in [0.717, 1.165) is 31.7 Å². The third kappa shape index (κ3) is 7.41. The Bertz CT molecular complexity index is 1510. The second-order valence-corrected chi connectivity index (χ2v) is 11.1. The van der Waals surface area contributed by atoms with Crippen LogP contribution < -0.4 is 25.1 Å². The number of rotatable bonds is 8. The Morgan fingerprint density at radius 3 is 2.56 bits per heavy atom. The van der Waals surface area contributed by atoms with Crippen LogP contribution in [0.25, 0.3) is 11.0 Å². The molecule has 0 saturated carbocycles. The number of piperazine rings is 1. The summed E-state index contributed by atoms with van der Waals surface area (Å²) in [5.41, 5.74) is 1.71. The summed E-state index contributed by atoms with van der Waals surface area (Å²) in [5.74, 6) is 0.257.